The highest BCUT2D eigenvalue weighted by molar-refractivity contribution is 7.90. The Morgan fingerprint density at radius 1 is 1.05 bits per heavy atom. The molecule has 0 bridgehead atoms. The zero-order chi connectivity index (χ0) is 14.4. The molecule has 0 unspecified atom stereocenters. The van der Waals surface area contributed by atoms with Crippen molar-refractivity contribution in [2.75, 3.05) is 0 Å². The fourth-order valence-corrected chi connectivity index (χ4v) is 3.65. The van der Waals surface area contributed by atoms with Gasteiger partial charge in [0, 0.05) is 11.6 Å². The number of para-hydroxylation sites is 2. The third kappa shape index (κ3) is 1.92. The minimum atomic E-state index is -3.49. The second-order valence-corrected chi connectivity index (χ2v) is 6.33. The number of oxazole rings is 1. The molecule has 2 aromatic carbocycles. The molecule has 0 atom stereocenters. The van der Waals surface area contributed by atoms with Crippen LogP contribution in [0, 0.1) is 0 Å². The van der Waals surface area contributed by atoms with Crippen molar-refractivity contribution in [2.45, 2.75) is 4.90 Å². The Bertz CT molecular complexity index is 954. The van der Waals surface area contributed by atoms with Crippen LogP contribution in [0.15, 0.2) is 57.8 Å². The number of fused-ring (bicyclic) bond motifs is 2. The van der Waals surface area contributed by atoms with Crippen molar-refractivity contribution < 1.29 is 12.8 Å². The average molecular weight is 298 g/mol. The second-order valence-electron chi connectivity index (χ2n) is 4.68. The van der Waals surface area contributed by atoms with Gasteiger partial charge >= 0.3 is 0 Å². The molecule has 1 aliphatic heterocycles. The highest BCUT2D eigenvalue weighted by Crippen LogP contribution is 2.31. The Labute approximate surface area is 121 Å². The Balaban J connectivity index is 1.87. The van der Waals surface area contributed by atoms with E-state index in [0.29, 0.717) is 22.7 Å². The van der Waals surface area contributed by atoms with E-state index in [2.05, 4.69) is 9.71 Å². The molecule has 0 radical (unpaired) electrons. The quantitative estimate of drug-likeness (QED) is 0.749. The molecule has 1 aliphatic rings. The molecule has 1 aromatic heterocycles. The van der Waals surface area contributed by atoms with Crippen molar-refractivity contribution in [2.24, 2.45) is 0 Å². The summed E-state index contributed by atoms with van der Waals surface area (Å²) in [4.78, 5) is 4.59. The standard InChI is InChI=1S/C15H10N2O3S/c18-21(19)14-8-4-1-5-10(14)12(17-21)9-15-16-11-6-2-3-7-13(11)20-15/h1-9,17H/b12-9-. The lowest BCUT2D eigenvalue weighted by atomic mass is 10.1. The van der Waals surface area contributed by atoms with E-state index in [1.54, 1.807) is 30.3 Å². The normalized spacial score (nSPS) is 17.8. The molecule has 1 N–H and O–H groups in total. The van der Waals surface area contributed by atoms with Crippen molar-refractivity contribution in [3.63, 3.8) is 0 Å². The van der Waals surface area contributed by atoms with Crippen molar-refractivity contribution >= 4 is 32.9 Å². The number of sulfonamides is 1. The van der Waals surface area contributed by atoms with Crippen LogP contribution in [-0.2, 0) is 10.0 Å². The summed E-state index contributed by atoms with van der Waals surface area (Å²) >= 11 is 0. The monoisotopic (exact) mass is 298 g/mol. The van der Waals surface area contributed by atoms with E-state index in [1.165, 1.54) is 0 Å². The van der Waals surface area contributed by atoms with E-state index in [0.717, 1.165) is 5.52 Å². The molecule has 0 saturated heterocycles. The lowest BCUT2D eigenvalue weighted by molar-refractivity contribution is 0.589. The third-order valence-electron chi connectivity index (χ3n) is 3.29. The molecule has 0 spiro atoms. The molecule has 104 valence electrons. The number of nitrogens with one attached hydrogen (secondary N) is 1. The molecule has 4 rings (SSSR count). The van der Waals surface area contributed by atoms with Crippen LogP contribution in [0.5, 0.6) is 0 Å². The van der Waals surface area contributed by atoms with Crippen molar-refractivity contribution in [1.82, 2.24) is 9.71 Å². The summed E-state index contributed by atoms with van der Waals surface area (Å²) in [6.07, 6.45) is 1.60. The van der Waals surface area contributed by atoms with Crippen LogP contribution < -0.4 is 4.72 Å². The first-order valence-corrected chi connectivity index (χ1v) is 7.81. The fraction of sp³-hybridized carbons (Fsp3) is 0. The zero-order valence-corrected chi connectivity index (χ0v) is 11.6. The van der Waals surface area contributed by atoms with Gasteiger partial charge < -0.3 is 4.42 Å². The summed E-state index contributed by atoms with van der Waals surface area (Å²) in [6, 6.07) is 14.2. The van der Waals surface area contributed by atoms with Gasteiger partial charge in [0.1, 0.15) is 5.52 Å². The largest absolute Gasteiger partial charge is 0.437 e. The fourth-order valence-electron chi connectivity index (χ4n) is 2.36. The minimum absolute atomic E-state index is 0.271. The van der Waals surface area contributed by atoms with Gasteiger partial charge in [0.05, 0.1) is 10.6 Å². The van der Waals surface area contributed by atoms with Gasteiger partial charge in [-0.1, -0.05) is 30.3 Å². The summed E-state index contributed by atoms with van der Waals surface area (Å²) in [5.41, 5.74) is 2.49. The van der Waals surface area contributed by atoms with Gasteiger partial charge in [-0.3, -0.25) is 4.72 Å². The van der Waals surface area contributed by atoms with Crippen LogP contribution in [0.25, 0.3) is 22.9 Å². The van der Waals surface area contributed by atoms with E-state index in [-0.39, 0.29) is 4.90 Å². The molecule has 3 aromatic rings. The molecular weight excluding hydrogens is 288 g/mol. The first-order chi connectivity index (χ1) is 10.1. The molecule has 0 saturated carbocycles. The lowest BCUT2D eigenvalue weighted by Gasteiger charge is -1.96. The summed E-state index contributed by atoms with van der Waals surface area (Å²) < 4.78 is 32.2. The summed E-state index contributed by atoms with van der Waals surface area (Å²) in [6.45, 7) is 0. The molecule has 0 amide bonds. The van der Waals surface area contributed by atoms with Gasteiger partial charge in [0.15, 0.2) is 5.58 Å². The van der Waals surface area contributed by atoms with E-state index in [4.69, 9.17) is 4.42 Å². The van der Waals surface area contributed by atoms with Gasteiger partial charge in [0.25, 0.3) is 10.0 Å². The van der Waals surface area contributed by atoms with E-state index in [1.807, 2.05) is 24.3 Å². The molecular formula is C15H10N2O3S. The average Bonchev–Trinajstić information content (AvgIpc) is 2.98. The highest BCUT2D eigenvalue weighted by atomic mass is 32.2. The number of benzene rings is 2. The zero-order valence-electron chi connectivity index (χ0n) is 10.8. The van der Waals surface area contributed by atoms with Gasteiger partial charge in [-0.15, -0.1) is 0 Å². The van der Waals surface area contributed by atoms with Crippen LogP contribution in [0.1, 0.15) is 11.5 Å². The Kier molecular flexibility index (Phi) is 2.43. The van der Waals surface area contributed by atoms with Crippen molar-refractivity contribution in [1.29, 1.82) is 0 Å². The van der Waals surface area contributed by atoms with Gasteiger partial charge in [-0.25, -0.2) is 13.4 Å². The maximum absolute atomic E-state index is 12.0. The number of hydrogen-bond acceptors (Lipinski definition) is 4. The van der Waals surface area contributed by atoms with Gasteiger partial charge in [0.2, 0.25) is 5.89 Å². The van der Waals surface area contributed by atoms with Crippen LogP contribution >= 0.6 is 0 Å². The van der Waals surface area contributed by atoms with Crippen LogP contribution in [0.4, 0.5) is 0 Å². The molecule has 6 heteroatoms. The van der Waals surface area contributed by atoms with Crippen LogP contribution in [0.3, 0.4) is 0 Å². The smallest absolute Gasteiger partial charge is 0.262 e. The first-order valence-electron chi connectivity index (χ1n) is 6.33. The molecule has 2 heterocycles. The summed E-state index contributed by atoms with van der Waals surface area (Å²) in [5.74, 6) is 0.366. The van der Waals surface area contributed by atoms with Crippen LogP contribution in [0.2, 0.25) is 0 Å². The predicted molar refractivity (Wildman–Crippen MR) is 78.6 cm³/mol. The Morgan fingerprint density at radius 2 is 1.81 bits per heavy atom. The summed E-state index contributed by atoms with van der Waals surface area (Å²) in [7, 11) is -3.49. The van der Waals surface area contributed by atoms with Crippen LogP contribution in [-0.4, -0.2) is 13.4 Å². The van der Waals surface area contributed by atoms with E-state index < -0.39 is 10.0 Å². The number of aromatic nitrogens is 1. The summed E-state index contributed by atoms with van der Waals surface area (Å²) in [5, 5.41) is 0. The molecule has 0 fully saturated rings. The van der Waals surface area contributed by atoms with Gasteiger partial charge in [-0.05, 0) is 18.2 Å². The van der Waals surface area contributed by atoms with Crippen molar-refractivity contribution in [3.8, 4) is 0 Å². The maximum atomic E-state index is 12.0. The number of rotatable bonds is 1. The van der Waals surface area contributed by atoms with Crippen molar-refractivity contribution in [3.05, 3.63) is 60.0 Å². The van der Waals surface area contributed by atoms with E-state index >= 15 is 0 Å². The Morgan fingerprint density at radius 3 is 2.67 bits per heavy atom. The Hall–Kier alpha value is -2.60. The SMILES string of the molecule is O=S1(=O)N/C(=C\c2nc3ccccc3o2)c2ccccc21. The number of hydrogen-bond donors (Lipinski definition) is 1. The van der Waals surface area contributed by atoms with E-state index in [9.17, 15) is 8.42 Å². The number of nitrogens with zero attached hydrogens (tertiary/aromatic N) is 1. The first kappa shape index (κ1) is 12.2. The molecule has 0 aliphatic carbocycles. The maximum Gasteiger partial charge on any atom is 0.262 e. The minimum Gasteiger partial charge on any atom is -0.437 e. The third-order valence-corrected chi connectivity index (χ3v) is 4.71. The molecule has 21 heavy (non-hydrogen) atoms. The second kappa shape index (κ2) is 4.20. The topological polar surface area (TPSA) is 72.2 Å². The lowest BCUT2D eigenvalue weighted by Crippen LogP contribution is -2.13. The highest BCUT2D eigenvalue weighted by Gasteiger charge is 2.29. The molecule has 5 nitrogen and oxygen atoms in total. The predicted octanol–water partition coefficient (Wildman–Crippen LogP) is 2.62. The van der Waals surface area contributed by atoms with Gasteiger partial charge in [-0.2, -0.15) is 0 Å².